The van der Waals surface area contributed by atoms with Gasteiger partial charge in [-0.15, -0.1) is 0 Å². The van der Waals surface area contributed by atoms with Gasteiger partial charge in [-0.25, -0.2) is 0 Å². The molecule has 3 aromatic rings. The van der Waals surface area contributed by atoms with Gasteiger partial charge in [-0.1, -0.05) is 35.0 Å². The molecule has 0 saturated carbocycles. The lowest BCUT2D eigenvalue weighted by Gasteiger charge is -2.00. The predicted octanol–water partition coefficient (Wildman–Crippen LogP) is 3.47. The van der Waals surface area contributed by atoms with Gasteiger partial charge in [0.1, 0.15) is 0 Å². The summed E-state index contributed by atoms with van der Waals surface area (Å²) >= 11 is 5.91. The van der Waals surface area contributed by atoms with E-state index >= 15 is 0 Å². The highest BCUT2D eigenvalue weighted by molar-refractivity contribution is 6.30. The zero-order valence-electron chi connectivity index (χ0n) is 10.1. The maximum atomic E-state index is 9.78. The van der Waals surface area contributed by atoms with Crippen LogP contribution in [0, 0.1) is 0 Å². The van der Waals surface area contributed by atoms with Crippen LogP contribution in [0.5, 0.6) is 11.5 Å². The molecule has 0 atom stereocenters. The van der Waals surface area contributed by atoms with Crippen LogP contribution < -0.4 is 0 Å². The first-order chi connectivity index (χ1) is 9.65. The number of phenolic OH excluding ortho intramolecular Hbond substituents is 2. The quantitative estimate of drug-likeness (QED) is 0.706. The lowest BCUT2D eigenvalue weighted by Crippen LogP contribution is -1.82. The van der Waals surface area contributed by atoms with E-state index < -0.39 is 0 Å². The van der Waals surface area contributed by atoms with Crippen molar-refractivity contribution in [3.63, 3.8) is 0 Å². The third kappa shape index (κ3) is 2.19. The summed E-state index contributed by atoms with van der Waals surface area (Å²) in [6.45, 7) is 0. The fraction of sp³-hybridized carbons (Fsp3) is 0. The van der Waals surface area contributed by atoms with E-state index in [9.17, 15) is 10.2 Å². The first-order valence-corrected chi connectivity index (χ1v) is 6.14. The van der Waals surface area contributed by atoms with Crippen LogP contribution in [-0.2, 0) is 0 Å². The number of phenols is 2. The molecule has 1 heterocycles. The Morgan fingerprint density at radius 3 is 2.65 bits per heavy atom. The third-order valence-corrected chi connectivity index (χ3v) is 2.99. The Kier molecular flexibility index (Phi) is 3.04. The summed E-state index contributed by atoms with van der Waals surface area (Å²) in [5.74, 6) is -0.0718. The largest absolute Gasteiger partial charge is 0.504 e. The molecule has 20 heavy (non-hydrogen) atoms. The third-order valence-electron chi connectivity index (χ3n) is 2.75. The van der Waals surface area contributed by atoms with Gasteiger partial charge in [-0.2, -0.15) is 4.98 Å². The highest BCUT2D eigenvalue weighted by Gasteiger charge is 2.16. The van der Waals surface area contributed by atoms with Crippen LogP contribution in [0.25, 0.3) is 22.8 Å². The molecule has 6 heteroatoms. The summed E-state index contributed by atoms with van der Waals surface area (Å²) in [7, 11) is 0. The Balaban J connectivity index is 2.04. The Labute approximate surface area is 119 Å². The van der Waals surface area contributed by atoms with Gasteiger partial charge in [0, 0.05) is 10.6 Å². The molecule has 1 aromatic heterocycles. The average Bonchev–Trinajstić information content (AvgIpc) is 2.91. The van der Waals surface area contributed by atoms with Crippen LogP contribution in [0.3, 0.4) is 0 Å². The maximum absolute atomic E-state index is 9.78. The fourth-order valence-corrected chi connectivity index (χ4v) is 1.97. The van der Waals surface area contributed by atoms with E-state index in [-0.39, 0.29) is 23.0 Å². The summed E-state index contributed by atoms with van der Waals surface area (Å²) in [4.78, 5) is 4.19. The van der Waals surface area contributed by atoms with E-state index in [0.717, 1.165) is 0 Å². The highest BCUT2D eigenvalue weighted by Crippen LogP contribution is 2.35. The minimum Gasteiger partial charge on any atom is -0.504 e. The van der Waals surface area contributed by atoms with E-state index in [1.54, 1.807) is 36.4 Å². The van der Waals surface area contributed by atoms with Crippen molar-refractivity contribution in [1.82, 2.24) is 10.1 Å². The molecule has 3 rings (SSSR count). The molecule has 2 N–H and O–H groups in total. The number of aromatic hydroxyl groups is 2. The summed E-state index contributed by atoms with van der Waals surface area (Å²) in [5.41, 5.74) is 0.970. The number of benzene rings is 2. The monoisotopic (exact) mass is 288 g/mol. The molecule has 0 spiro atoms. The zero-order chi connectivity index (χ0) is 14.1. The van der Waals surface area contributed by atoms with Gasteiger partial charge in [0.2, 0.25) is 5.82 Å². The smallest absolute Gasteiger partial charge is 0.262 e. The van der Waals surface area contributed by atoms with E-state index in [1.807, 2.05) is 0 Å². The van der Waals surface area contributed by atoms with Crippen molar-refractivity contribution in [2.45, 2.75) is 0 Å². The van der Waals surface area contributed by atoms with E-state index in [1.165, 1.54) is 6.07 Å². The molecule has 0 fully saturated rings. The molecule has 0 bridgehead atoms. The number of nitrogens with zero attached hydrogens (tertiary/aromatic N) is 2. The molecule has 5 nitrogen and oxygen atoms in total. The first kappa shape index (κ1) is 12.5. The van der Waals surface area contributed by atoms with Crippen LogP contribution in [-0.4, -0.2) is 20.4 Å². The summed E-state index contributed by atoms with van der Waals surface area (Å²) in [6.07, 6.45) is 0. The second kappa shape index (κ2) is 4.86. The van der Waals surface area contributed by atoms with Crippen LogP contribution >= 0.6 is 11.6 Å². The zero-order valence-corrected chi connectivity index (χ0v) is 10.9. The molecule has 0 radical (unpaired) electrons. The lowest BCUT2D eigenvalue weighted by molar-refractivity contribution is 0.397. The van der Waals surface area contributed by atoms with Crippen molar-refractivity contribution in [3.05, 3.63) is 47.5 Å². The predicted molar refractivity (Wildman–Crippen MR) is 73.5 cm³/mol. The molecule has 2 aromatic carbocycles. The minimum absolute atomic E-state index is 0.119. The van der Waals surface area contributed by atoms with Gasteiger partial charge in [-0.3, -0.25) is 0 Å². The van der Waals surface area contributed by atoms with E-state index in [4.69, 9.17) is 16.1 Å². The highest BCUT2D eigenvalue weighted by atomic mass is 35.5. The van der Waals surface area contributed by atoms with Crippen molar-refractivity contribution in [1.29, 1.82) is 0 Å². The molecule has 0 aliphatic rings. The van der Waals surface area contributed by atoms with Crippen LogP contribution in [0.15, 0.2) is 47.0 Å². The van der Waals surface area contributed by atoms with Crippen LogP contribution in [0.4, 0.5) is 0 Å². The number of rotatable bonds is 2. The van der Waals surface area contributed by atoms with E-state index in [2.05, 4.69) is 10.1 Å². The van der Waals surface area contributed by atoms with Crippen molar-refractivity contribution in [2.24, 2.45) is 0 Å². The molecule has 0 aliphatic heterocycles. The molecule has 100 valence electrons. The van der Waals surface area contributed by atoms with Crippen LogP contribution in [0.1, 0.15) is 0 Å². The molecule has 0 unspecified atom stereocenters. The number of para-hydroxylation sites is 1. The molecular formula is C14H9ClN2O3. The van der Waals surface area contributed by atoms with Gasteiger partial charge in [0.15, 0.2) is 11.5 Å². The average molecular weight is 289 g/mol. The van der Waals surface area contributed by atoms with Gasteiger partial charge >= 0.3 is 0 Å². The maximum Gasteiger partial charge on any atom is 0.262 e. The van der Waals surface area contributed by atoms with Crippen molar-refractivity contribution >= 4 is 11.6 Å². The van der Waals surface area contributed by atoms with Crippen LogP contribution in [0.2, 0.25) is 5.02 Å². The minimum atomic E-state index is -0.297. The Morgan fingerprint density at radius 2 is 1.85 bits per heavy atom. The standard InChI is InChI=1S/C14H9ClN2O3/c15-9-4-1-3-8(7-9)13-16-14(20-17-13)10-5-2-6-11(18)12(10)19/h1-7,18-19H. The molecule has 0 saturated heterocycles. The summed E-state index contributed by atoms with van der Waals surface area (Å²) < 4.78 is 5.11. The lowest BCUT2D eigenvalue weighted by atomic mass is 10.2. The molecular weight excluding hydrogens is 280 g/mol. The van der Waals surface area contributed by atoms with Crippen molar-refractivity contribution in [2.75, 3.05) is 0 Å². The topological polar surface area (TPSA) is 79.4 Å². The number of hydrogen-bond donors (Lipinski definition) is 2. The first-order valence-electron chi connectivity index (χ1n) is 5.76. The van der Waals surface area contributed by atoms with Gasteiger partial charge in [0.05, 0.1) is 5.56 Å². The fourth-order valence-electron chi connectivity index (χ4n) is 1.78. The molecule has 0 amide bonds. The second-order valence-corrected chi connectivity index (χ2v) is 4.54. The number of aromatic nitrogens is 2. The van der Waals surface area contributed by atoms with E-state index in [0.29, 0.717) is 16.4 Å². The van der Waals surface area contributed by atoms with Gasteiger partial charge < -0.3 is 14.7 Å². The van der Waals surface area contributed by atoms with Gasteiger partial charge in [0.25, 0.3) is 5.89 Å². The Bertz CT molecular complexity index is 771. The summed E-state index contributed by atoms with van der Waals surface area (Å²) in [5, 5.41) is 23.6. The Morgan fingerprint density at radius 1 is 1.05 bits per heavy atom. The SMILES string of the molecule is Oc1cccc(-c2nc(-c3cccc(Cl)c3)no2)c1O. The normalized spacial score (nSPS) is 10.7. The summed E-state index contributed by atoms with van der Waals surface area (Å²) in [6, 6.07) is 11.5. The molecule has 0 aliphatic carbocycles. The second-order valence-electron chi connectivity index (χ2n) is 4.11. The van der Waals surface area contributed by atoms with Gasteiger partial charge in [-0.05, 0) is 24.3 Å². The van der Waals surface area contributed by atoms with Crippen molar-refractivity contribution < 1.29 is 14.7 Å². The van der Waals surface area contributed by atoms with Crippen molar-refractivity contribution in [3.8, 4) is 34.3 Å². The number of halogens is 1. The Hall–Kier alpha value is -2.53. The number of hydrogen-bond acceptors (Lipinski definition) is 5.